The second-order valence-corrected chi connectivity index (χ2v) is 7.07. The van der Waals surface area contributed by atoms with Crippen molar-refractivity contribution >= 4 is 27.5 Å². The van der Waals surface area contributed by atoms with Crippen LogP contribution in [0.3, 0.4) is 0 Å². The lowest BCUT2D eigenvalue weighted by Crippen LogP contribution is -2.28. The lowest BCUT2D eigenvalue weighted by molar-refractivity contribution is 0.0997. The smallest absolute Gasteiger partial charge is 0.268 e. The number of amides is 1. The van der Waals surface area contributed by atoms with E-state index in [1.165, 1.54) is 11.3 Å². The topological polar surface area (TPSA) is 98.7 Å². The second-order valence-electron chi connectivity index (χ2n) is 6.07. The van der Waals surface area contributed by atoms with Crippen molar-refractivity contribution in [2.45, 2.75) is 18.8 Å². The molecule has 0 radical (unpaired) electrons. The number of carbonyl (C=O) groups is 1. The summed E-state index contributed by atoms with van der Waals surface area (Å²) in [5.74, 6) is -0.158. The molecule has 1 aliphatic heterocycles. The van der Waals surface area contributed by atoms with Crippen molar-refractivity contribution in [2.24, 2.45) is 12.8 Å². The molecule has 8 heteroatoms. The van der Waals surface area contributed by atoms with Crippen molar-refractivity contribution in [3.63, 3.8) is 0 Å². The van der Waals surface area contributed by atoms with Gasteiger partial charge >= 0.3 is 0 Å². The van der Waals surface area contributed by atoms with Gasteiger partial charge in [-0.25, -0.2) is 9.97 Å². The SMILES string of the molecule is Cn1cc(-c2nc3c(C4CCCNC4)cnc(C(N)=O)c3s2)cn1. The molecule has 1 atom stereocenters. The number of piperidine rings is 1. The highest BCUT2D eigenvalue weighted by atomic mass is 32.1. The van der Waals surface area contributed by atoms with E-state index < -0.39 is 5.91 Å². The lowest BCUT2D eigenvalue weighted by atomic mass is 9.92. The third-order valence-electron chi connectivity index (χ3n) is 4.37. The van der Waals surface area contributed by atoms with E-state index in [-0.39, 0.29) is 0 Å². The Morgan fingerprint density at radius 3 is 3.00 bits per heavy atom. The third kappa shape index (κ3) is 2.57. The zero-order chi connectivity index (χ0) is 16.7. The Labute approximate surface area is 142 Å². The van der Waals surface area contributed by atoms with Gasteiger partial charge in [0.1, 0.15) is 10.7 Å². The van der Waals surface area contributed by atoms with Gasteiger partial charge in [-0.2, -0.15) is 5.10 Å². The van der Waals surface area contributed by atoms with Crippen molar-refractivity contribution in [3.8, 4) is 10.6 Å². The maximum absolute atomic E-state index is 11.8. The van der Waals surface area contributed by atoms with Crippen molar-refractivity contribution in [3.05, 3.63) is 29.8 Å². The first kappa shape index (κ1) is 15.2. The van der Waals surface area contributed by atoms with E-state index in [0.29, 0.717) is 11.6 Å². The maximum atomic E-state index is 11.8. The van der Waals surface area contributed by atoms with Crippen LogP contribution in [0.15, 0.2) is 18.6 Å². The largest absolute Gasteiger partial charge is 0.364 e. The fourth-order valence-corrected chi connectivity index (χ4v) is 4.24. The van der Waals surface area contributed by atoms with Crippen molar-refractivity contribution in [1.82, 2.24) is 25.1 Å². The van der Waals surface area contributed by atoms with Gasteiger partial charge < -0.3 is 11.1 Å². The van der Waals surface area contributed by atoms with Crippen LogP contribution < -0.4 is 11.1 Å². The summed E-state index contributed by atoms with van der Waals surface area (Å²) in [7, 11) is 1.87. The number of pyridine rings is 1. The van der Waals surface area contributed by atoms with Crippen LogP contribution >= 0.6 is 11.3 Å². The van der Waals surface area contributed by atoms with E-state index >= 15 is 0 Å². The maximum Gasteiger partial charge on any atom is 0.268 e. The number of fused-ring (bicyclic) bond motifs is 1. The Balaban J connectivity index is 1.89. The normalized spacial score (nSPS) is 18.1. The Morgan fingerprint density at radius 1 is 1.46 bits per heavy atom. The van der Waals surface area contributed by atoms with Crippen LogP contribution in [0, 0.1) is 0 Å². The van der Waals surface area contributed by atoms with E-state index in [1.54, 1.807) is 17.1 Å². The highest BCUT2D eigenvalue weighted by Gasteiger charge is 2.23. The molecule has 3 aromatic heterocycles. The monoisotopic (exact) mass is 342 g/mol. The minimum atomic E-state index is -0.519. The number of hydrogen-bond donors (Lipinski definition) is 2. The lowest BCUT2D eigenvalue weighted by Gasteiger charge is -2.23. The zero-order valence-corrected chi connectivity index (χ0v) is 14.1. The highest BCUT2D eigenvalue weighted by Crippen LogP contribution is 2.36. The molecule has 0 aromatic carbocycles. The molecule has 0 spiro atoms. The van der Waals surface area contributed by atoms with Crippen molar-refractivity contribution in [1.29, 1.82) is 0 Å². The fraction of sp³-hybridized carbons (Fsp3) is 0.375. The van der Waals surface area contributed by atoms with Gasteiger partial charge in [0.05, 0.1) is 16.4 Å². The Bertz CT molecular complexity index is 909. The van der Waals surface area contributed by atoms with Crippen LogP contribution in [0.4, 0.5) is 0 Å². The number of nitrogens with two attached hydrogens (primary N) is 1. The van der Waals surface area contributed by atoms with Gasteiger partial charge in [0.15, 0.2) is 0 Å². The van der Waals surface area contributed by atoms with E-state index in [0.717, 1.165) is 52.3 Å². The first-order chi connectivity index (χ1) is 11.6. The van der Waals surface area contributed by atoms with Gasteiger partial charge in [0.2, 0.25) is 0 Å². The molecule has 1 aliphatic rings. The van der Waals surface area contributed by atoms with Crippen LogP contribution in [0.1, 0.15) is 34.8 Å². The fourth-order valence-electron chi connectivity index (χ4n) is 3.18. The van der Waals surface area contributed by atoms with E-state index in [9.17, 15) is 4.79 Å². The van der Waals surface area contributed by atoms with Crippen LogP contribution in [0.2, 0.25) is 0 Å². The quantitative estimate of drug-likeness (QED) is 0.754. The summed E-state index contributed by atoms with van der Waals surface area (Å²) in [5.41, 5.74) is 8.67. The van der Waals surface area contributed by atoms with Crippen LogP contribution in [0.25, 0.3) is 20.8 Å². The summed E-state index contributed by atoms with van der Waals surface area (Å²) in [5, 5.41) is 8.45. The molecule has 1 saturated heterocycles. The Morgan fingerprint density at radius 2 is 2.33 bits per heavy atom. The van der Waals surface area contributed by atoms with Gasteiger partial charge in [-0.3, -0.25) is 9.48 Å². The second kappa shape index (κ2) is 5.95. The molecule has 124 valence electrons. The summed E-state index contributed by atoms with van der Waals surface area (Å²) in [6.45, 7) is 1.96. The summed E-state index contributed by atoms with van der Waals surface area (Å²) < 4.78 is 2.50. The molecular weight excluding hydrogens is 324 g/mol. The molecule has 0 aliphatic carbocycles. The number of primary amides is 1. The number of hydrogen-bond acceptors (Lipinski definition) is 6. The zero-order valence-electron chi connectivity index (χ0n) is 13.3. The summed E-state index contributed by atoms with van der Waals surface area (Å²) in [6.07, 6.45) is 7.68. The number of carbonyl (C=O) groups excluding carboxylic acids is 1. The minimum absolute atomic E-state index is 0.296. The van der Waals surface area contributed by atoms with Gasteiger partial charge in [-0.15, -0.1) is 11.3 Å². The van der Waals surface area contributed by atoms with Crippen LogP contribution in [-0.2, 0) is 7.05 Å². The molecule has 0 saturated carbocycles. The number of nitrogens with zero attached hydrogens (tertiary/aromatic N) is 4. The van der Waals surface area contributed by atoms with Gasteiger partial charge in [0, 0.05) is 43.0 Å². The highest BCUT2D eigenvalue weighted by molar-refractivity contribution is 7.22. The molecule has 4 rings (SSSR count). The van der Waals surface area contributed by atoms with E-state index in [1.807, 2.05) is 13.2 Å². The Hall–Kier alpha value is -2.32. The molecule has 0 bridgehead atoms. The van der Waals surface area contributed by atoms with Gasteiger partial charge in [-0.05, 0) is 19.4 Å². The van der Waals surface area contributed by atoms with Crippen LogP contribution in [-0.4, -0.2) is 38.7 Å². The number of aryl methyl sites for hydroxylation is 1. The summed E-state index contributed by atoms with van der Waals surface area (Å²) in [6, 6.07) is 0. The van der Waals surface area contributed by atoms with E-state index in [4.69, 9.17) is 10.7 Å². The predicted octanol–water partition coefficient (Wildman–Crippen LogP) is 1.66. The molecule has 4 heterocycles. The van der Waals surface area contributed by atoms with Crippen molar-refractivity contribution < 1.29 is 4.79 Å². The first-order valence-electron chi connectivity index (χ1n) is 7.92. The molecular formula is C16H18N6OS. The van der Waals surface area contributed by atoms with E-state index in [2.05, 4.69) is 15.4 Å². The van der Waals surface area contributed by atoms with Crippen molar-refractivity contribution in [2.75, 3.05) is 13.1 Å². The number of rotatable bonds is 3. The van der Waals surface area contributed by atoms with Crippen LogP contribution in [0.5, 0.6) is 0 Å². The average Bonchev–Trinajstić information content (AvgIpc) is 3.20. The average molecular weight is 342 g/mol. The predicted molar refractivity (Wildman–Crippen MR) is 93.0 cm³/mol. The first-order valence-corrected chi connectivity index (χ1v) is 8.74. The molecule has 3 aromatic rings. The minimum Gasteiger partial charge on any atom is -0.364 e. The molecule has 1 amide bonds. The van der Waals surface area contributed by atoms with Gasteiger partial charge in [-0.1, -0.05) is 0 Å². The number of nitrogens with one attached hydrogen (secondary N) is 1. The molecule has 24 heavy (non-hydrogen) atoms. The molecule has 7 nitrogen and oxygen atoms in total. The third-order valence-corrected chi connectivity index (χ3v) is 5.48. The Kier molecular flexibility index (Phi) is 3.78. The molecule has 3 N–H and O–H groups in total. The summed E-state index contributed by atoms with van der Waals surface area (Å²) >= 11 is 1.45. The molecule has 1 fully saturated rings. The number of aromatic nitrogens is 4. The molecule has 1 unspecified atom stereocenters. The summed E-state index contributed by atoms with van der Waals surface area (Å²) in [4.78, 5) is 20.9. The standard InChI is InChI=1S/C16H18N6OS/c1-22-8-10(6-20-22)16-21-12-11(9-3-2-4-18-5-9)7-19-13(15(17)23)14(12)24-16/h6-9,18H,2-5H2,1H3,(H2,17,23). The van der Waals surface area contributed by atoms with Gasteiger partial charge in [0.25, 0.3) is 5.91 Å². The number of thiazole rings is 1.